The van der Waals surface area contributed by atoms with Crippen molar-refractivity contribution in [2.24, 2.45) is 0 Å². The molecule has 9 heteroatoms. The summed E-state index contributed by atoms with van der Waals surface area (Å²) in [6, 6.07) is 18.8. The number of amides is 2. The summed E-state index contributed by atoms with van der Waals surface area (Å²) in [6.45, 7) is 7.04. The van der Waals surface area contributed by atoms with Crippen LogP contribution in [-0.2, 0) is 0 Å². The van der Waals surface area contributed by atoms with E-state index in [9.17, 15) is 4.79 Å². The predicted octanol–water partition coefficient (Wildman–Crippen LogP) is 6.12. The van der Waals surface area contributed by atoms with E-state index in [1.54, 1.807) is 26.5 Å². The van der Waals surface area contributed by atoms with Gasteiger partial charge in [0.15, 0.2) is 0 Å². The van der Waals surface area contributed by atoms with Crippen molar-refractivity contribution in [2.45, 2.75) is 32.7 Å². The minimum absolute atomic E-state index is 0.351. The molecule has 0 bridgehead atoms. The van der Waals surface area contributed by atoms with Crippen LogP contribution in [0.4, 0.5) is 16.4 Å². The highest BCUT2D eigenvalue weighted by atomic mass is 16.5. The third kappa shape index (κ3) is 7.73. The average Bonchev–Trinajstić information content (AvgIpc) is 2.91. The molecule has 4 aromatic rings. The predicted molar refractivity (Wildman–Crippen MR) is 155 cm³/mol. The first-order valence-electron chi connectivity index (χ1n) is 12.8. The molecule has 3 N–H and O–H groups in total. The summed E-state index contributed by atoms with van der Waals surface area (Å²) in [4.78, 5) is 22.2. The number of anilines is 2. The van der Waals surface area contributed by atoms with Crippen LogP contribution < -0.4 is 30.2 Å². The smallest absolute Gasteiger partial charge is 0.320 e. The van der Waals surface area contributed by atoms with Crippen molar-refractivity contribution in [1.29, 1.82) is 0 Å². The van der Waals surface area contributed by atoms with Gasteiger partial charge in [0.25, 0.3) is 0 Å². The Morgan fingerprint density at radius 2 is 1.64 bits per heavy atom. The fraction of sp³-hybridized carbons (Fsp3) is 0.300. The molecule has 4 rings (SSSR count). The Morgan fingerprint density at radius 1 is 0.923 bits per heavy atom. The lowest BCUT2D eigenvalue weighted by Crippen LogP contribution is -2.43. The molecule has 0 atom stereocenters. The number of urea groups is 1. The number of carbonyl (C=O) groups is 1. The number of nitrogens with zero attached hydrogens (tertiary/aromatic N) is 2. The zero-order valence-corrected chi connectivity index (χ0v) is 23.0. The van der Waals surface area contributed by atoms with E-state index in [0.29, 0.717) is 47.4 Å². The average molecular weight is 530 g/mol. The third-order valence-corrected chi connectivity index (χ3v) is 5.72. The Kier molecular flexibility index (Phi) is 8.70. The Bertz CT molecular complexity index is 1400. The molecule has 39 heavy (non-hydrogen) atoms. The largest absolute Gasteiger partial charge is 0.497 e. The van der Waals surface area contributed by atoms with E-state index in [0.717, 1.165) is 23.1 Å². The zero-order chi connectivity index (χ0) is 27.8. The number of aromatic nitrogens is 2. The monoisotopic (exact) mass is 529 g/mol. The van der Waals surface area contributed by atoms with Gasteiger partial charge in [0, 0.05) is 41.4 Å². The second kappa shape index (κ2) is 12.3. The molecular formula is C30H35N5O4. The van der Waals surface area contributed by atoms with E-state index in [-0.39, 0.29) is 6.03 Å². The molecule has 2 amide bonds. The van der Waals surface area contributed by atoms with E-state index < -0.39 is 5.54 Å². The zero-order valence-electron chi connectivity index (χ0n) is 23.0. The number of hydrogen-bond donors (Lipinski definition) is 3. The van der Waals surface area contributed by atoms with Gasteiger partial charge in [0.2, 0.25) is 0 Å². The van der Waals surface area contributed by atoms with Crippen molar-refractivity contribution >= 4 is 28.6 Å². The Morgan fingerprint density at radius 3 is 2.31 bits per heavy atom. The summed E-state index contributed by atoms with van der Waals surface area (Å²) < 4.78 is 16.7. The molecule has 0 saturated carbocycles. The lowest BCUT2D eigenvalue weighted by molar-refractivity contribution is 0.243. The highest BCUT2D eigenvalue weighted by molar-refractivity contribution is 5.97. The van der Waals surface area contributed by atoms with Crippen LogP contribution in [0.1, 0.15) is 27.2 Å². The van der Waals surface area contributed by atoms with Crippen molar-refractivity contribution in [3.8, 4) is 28.4 Å². The van der Waals surface area contributed by atoms with Crippen molar-refractivity contribution < 1.29 is 19.0 Å². The minimum Gasteiger partial charge on any atom is -0.497 e. The normalized spacial score (nSPS) is 11.1. The van der Waals surface area contributed by atoms with Gasteiger partial charge in [-0.25, -0.2) is 14.8 Å². The minimum atomic E-state index is -0.411. The molecule has 0 saturated heterocycles. The first-order valence-corrected chi connectivity index (χ1v) is 12.8. The fourth-order valence-corrected chi connectivity index (χ4v) is 3.92. The molecular weight excluding hydrogens is 494 g/mol. The van der Waals surface area contributed by atoms with Crippen LogP contribution in [0.25, 0.3) is 22.0 Å². The summed E-state index contributed by atoms with van der Waals surface area (Å²) in [7, 11) is 3.19. The number of benzene rings is 2. The molecule has 0 aliphatic rings. The highest BCUT2D eigenvalue weighted by Gasteiger charge is 2.18. The molecule has 9 nitrogen and oxygen atoms in total. The second-order valence-corrected chi connectivity index (χ2v) is 10.0. The number of hydrogen-bond acceptors (Lipinski definition) is 7. The molecule has 0 fully saturated rings. The summed E-state index contributed by atoms with van der Waals surface area (Å²) in [5.41, 5.74) is 1.78. The third-order valence-electron chi connectivity index (χ3n) is 5.72. The van der Waals surface area contributed by atoms with E-state index in [1.165, 1.54) is 0 Å². The second-order valence-electron chi connectivity index (χ2n) is 10.0. The Hall–Kier alpha value is -4.53. The van der Waals surface area contributed by atoms with Crippen LogP contribution in [0.15, 0.2) is 66.9 Å². The molecule has 0 aliphatic heterocycles. The molecule has 0 unspecified atom stereocenters. The number of para-hydroxylation sites is 1. The molecule has 0 radical (unpaired) electrons. The molecule has 2 heterocycles. The molecule has 0 aliphatic carbocycles. The van der Waals surface area contributed by atoms with Crippen molar-refractivity contribution in [3.05, 3.63) is 66.9 Å². The quantitative estimate of drug-likeness (QED) is 0.213. The van der Waals surface area contributed by atoms with Crippen LogP contribution in [0.5, 0.6) is 17.2 Å². The van der Waals surface area contributed by atoms with Gasteiger partial charge in [-0.05, 0) is 63.1 Å². The summed E-state index contributed by atoms with van der Waals surface area (Å²) in [5.74, 6) is 3.21. The van der Waals surface area contributed by atoms with E-state index in [4.69, 9.17) is 19.2 Å². The van der Waals surface area contributed by atoms with Crippen LogP contribution >= 0.6 is 0 Å². The number of ether oxygens (including phenoxy) is 3. The Labute approximate surface area is 228 Å². The van der Waals surface area contributed by atoms with E-state index in [1.807, 2.05) is 75.4 Å². The number of methoxy groups -OCH3 is 2. The fourth-order valence-electron chi connectivity index (χ4n) is 3.92. The van der Waals surface area contributed by atoms with Crippen molar-refractivity contribution in [3.63, 3.8) is 0 Å². The SMILES string of the molecule is COc1cc(OC)cc(-c2cc3cnc(NCCCOc4ccccc4)cc3nc2NC(=O)NC(C)(C)C)c1. The lowest BCUT2D eigenvalue weighted by atomic mass is 10.0. The molecule has 2 aromatic carbocycles. The maximum atomic E-state index is 12.8. The standard InChI is InChI=1S/C30H35N5O4/c1-30(2,3)35-29(36)34-28-25(20-14-23(37-4)17-24(15-20)38-5)16-21-19-32-27(18-26(21)33-28)31-12-9-13-39-22-10-7-6-8-11-22/h6-8,10-11,14-19H,9,12-13H2,1-5H3,(H,31,32)(H2,33,34,35,36). The summed E-state index contributed by atoms with van der Waals surface area (Å²) in [6.07, 6.45) is 2.57. The van der Waals surface area contributed by atoms with Gasteiger partial charge in [-0.3, -0.25) is 5.32 Å². The van der Waals surface area contributed by atoms with Crippen LogP contribution in [-0.4, -0.2) is 48.9 Å². The van der Waals surface area contributed by atoms with Gasteiger partial charge in [-0.1, -0.05) is 18.2 Å². The Balaban J connectivity index is 1.58. The van der Waals surface area contributed by atoms with Gasteiger partial charge < -0.3 is 24.8 Å². The van der Waals surface area contributed by atoms with Gasteiger partial charge in [0.1, 0.15) is 28.9 Å². The number of fused-ring (bicyclic) bond motifs is 1. The van der Waals surface area contributed by atoms with Gasteiger partial charge in [-0.2, -0.15) is 0 Å². The highest BCUT2D eigenvalue weighted by Crippen LogP contribution is 2.35. The van der Waals surface area contributed by atoms with Gasteiger partial charge >= 0.3 is 6.03 Å². The maximum Gasteiger partial charge on any atom is 0.320 e. The molecule has 2 aromatic heterocycles. The number of pyridine rings is 2. The van der Waals surface area contributed by atoms with Crippen LogP contribution in [0.2, 0.25) is 0 Å². The van der Waals surface area contributed by atoms with Crippen molar-refractivity contribution in [2.75, 3.05) is 38.0 Å². The number of rotatable bonds is 10. The van der Waals surface area contributed by atoms with Crippen LogP contribution in [0, 0.1) is 0 Å². The number of nitrogens with one attached hydrogen (secondary N) is 3. The van der Waals surface area contributed by atoms with Crippen molar-refractivity contribution in [1.82, 2.24) is 15.3 Å². The van der Waals surface area contributed by atoms with Gasteiger partial charge in [-0.15, -0.1) is 0 Å². The first kappa shape index (κ1) is 27.5. The molecule has 204 valence electrons. The summed E-state index contributed by atoms with van der Waals surface area (Å²) >= 11 is 0. The first-order chi connectivity index (χ1) is 18.7. The van der Waals surface area contributed by atoms with E-state index >= 15 is 0 Å². The maximum absolute atomic E-state index is 12.8. The van der Waals surface area contributed by atoms with Crippen LogP contribution in [0.3, 0.4) is 0 Å². The van der Waals surface area contributed by atoms with Gasteiger partial charge in [0.05, 0.1) is 26.3 Å². The summed E-state index contributed by atoms with van der Waals surface area (Å²) in [5, 5.41) is 10.0. The lowest BCUT2D eigenvalue weighted by Gasteiger charge is -2.21. The number of carbonyl (C=O) groups excluding carboxylic acids is 1. The van der Waals surface area contributed by atoms with E-state index in [2.05, 4.69) is 20.9 Å². The topological polar surface area (TPSA) is 107 Å². The molecule has 0 spiro atoms.